The van der Waals surface area contributed by atoms with Gasteiger partial charge in [0.1, 0.15) is 0 Å². The Morgan fingerprint density at radius 3 is 1.96 bits per heavy atom. The van der Waals surface area contributed by atoms with E-state index in [-0.39, 0.29) is 23.4 Å². The lowest BCUT2D eigenvalue weighted by Crippen LogP contribution is -2.41. The van der Waals surface area contributed by atoms with Gasteiger partial charge >= 0.3 is 7.12 Å². The Kier molecular flexibility index (Phi) is 5.38. The molecule has 5 heteroatoms. The zero-order chi connectivity index (χ0) is 21.0. The molecule has 3 rings (SSSR count). The SMILES string of the molecule is CC1(C)OB(c2ccc(CO[Si](C)(C)C(C)(C)C)c3ccccc23)OC1(C)C. The molecule has 0 spiro atoms. The van der Waals surface area contributed by atoms with Gasteiger partial charge in [0.15, 0.2) is 8.32 Å². The highest BCUT2D eigenvalue weighted by atomic mass is 28.4. The number of fused-ring (bicyclic) bond motifs is 1. The normalized spacial score (nSPS) is 19.4. The summed E-state index contributed by atoms with van der Waals surface area (Å²) in [5.41, 5.74) is 1.62. The maximum atomic E-state index is 6.50. The van der Waals surface area contributed by atoms with Crippen LogP contribution in [0.25, 0.3) is 10.8 Å². The van der Waals surface area contributed by atoms with Crippen LogP contribution in [-0.4, -0.2) is 26.6 Å². The van der Waals surface area contributed by atoms with E-state index in [4.69, 9.17) is 13.7 Å². The van der Waals surface area contributed by atoms with Gasteiger partial charge in [-0.1, -0.05) is 57.2 Å². The van der Waals surface area contributed by atoms with Gasteiger partial charge < -0.3 is 13.7 Å². The van der Waals surface area contributed by atoms with E-state index in [0.717, 1.165) is 5.46 Å². The summed E-state index contributed by atoms with van der Waals surface area (Å²) in [5.74, 6) is 0. The van der Waals surface area contributed by atoms with E-state index >= 15 is 0 Å². The average Bonchev–Trinajstić information content (AvgIpc) is 2.79. The zero-order valence-corrected chi connectivity index (χ0v) is 20.0. The summed E-state index contributed by atoms with van der Waals surface area (Å²) in [6.45, 7) is 20.4. The van der Waals surface area contributed by atoms with Gasteiger partial charge in [0.05, 0.1) is 17.8 Å². The third kappa shape index (κ3) is 3.82. The zero-order valence-electron chi connectivity index (χ0n) is 19.0. The van der Waals surface area contributed by atoms with Crippen molar-refractivity contribution >= 4 is 31.7 Å². The summed E-state index contributed by atoms with van der Waals surface area (Å²) in [6.07, 6.45) is 0. The second-order valence-corrected chi connectivity index (χ2v) is 15.3. The Labute approximate surface area is 172 Å². The van der Waals surface area contributed by atoms with Crippen molar-refractivity contribution in [3.63, 3.8) is 0 Å². The fourth-order valence-corrected chi connectivity index (χ4v) is 4.11. The lowest BCUT2D eigenvalue weighted by molar-refractivity contribution is 0.00578. The molecule has 2 aromatic rings. The number of hydrogen-bond acceptors (Lipinski definition) is 3. The molecule has 0 aromatic heterocycles. The Hall–Kier alpha value is -1.14. The quantitative estimate of drug-likeness (QED) is 0.622. The molecule has 1 heterocycles. The van der Waals surface area contributed by atoms with E-state index in [2.05, 4.69) is 98.0 Å². The molecule has 0 saturated carbocycles. The molecule has 0 atom stereocenters. The minimum absolute atomic E-state index is 0.200. The van der Waals surface area contributed by atoms with Crippen LogP contribution in [0.15, 0.2) is 36.4 Å². The van der Waals surface area contributed by atoms with Crippen LogP contribution >= 0.6 is 0 Å². The molecule has 28 heavy (non-hydrogen) atoms. The van der Waals surface area contributed by atoms with Crippen molar-refractivity contribution in [3.05, 3.63) is 42.0 Å². The first-order chi connectivity index (χ1) is 12.8. The Balaban J connectivity index is 1.95. The van der Waals surface area contributed by atoms with Gasteiger partial charge in [-0.15, -0.1) is 0 Å². The van der Waals surface area contributed by atoms with E-state index in [9.17, 15) is 0 Å². The summed E-state index contributed by atoms with van der Waals surface area (Å²) >= 11 is 0. The Morgan fingerprint density at radius 1 is 0.893 bits per heavy atom. The van der Waals surface area contributed by atoms with Gasteiger partial charge in [0.25, 0.3) is 0 Å². The van der Waals surface area contributed by atoms with Gasteiger partial charge in [-0.3, -0.25) is 0 Å². The standard InChI is InChI=1S/C23H35BO3Si/c1-21(2,3)28(8,9)25-16-17-14-15-20(19-13-11-10-12-18(17)19)24-26-22(4,5)23(6,7)27-24/h10-15H,16H2,1-9H3. The third-order valence-corrected chi connectivity index (χ3v) is 11.4. The van der Waals surface area contributed by atoms with Gasteiger partial charge in [-0.25, -0.2) is 0 Å². The maximum absolute atomic E-state index is 6.50. The molecule has 0 N–H and O–H groups in total. The second kappa shape index (κ2) is 6.98. The third-order valence-electron chi connectivity index (χ3n) is 6.95. The summed E-state index contributed by atoms with van der Waals surface area (Å²) in [7, 11) is -2.16. The molecule has 0 unspecified atom stereocenters. The van der Waals surface area contributed by atoms with Crippen LogP contribution in [0, 0.1) is 0 Å². The number of hydrogen-bond donors (Lipinski definition) is 0. The lowest BCUT2D eigenvalue weighted by atomic mass is 9.75. The van der Waals surface area contributed by atoms with Gasteiger partial charge in [-0.2, -0.15) is 0 Å². The van der Waals surface area contributed by atoms with Crippen LogP contribution in [0.5, 0.6) is 0 Å². The molecular formula is C23H35BO3Si. The lowest BCUT2D eigenvalue weighted by Gasteiger charge is -2.36. The van der Waals surface area contributed by atoms with Crippen molar-refractivity contribution < 1.29 is 13.7 Å². The second-order valence-electron chi connectivity index (χ2n) is 10.5. The highest BCUT2D eigenvalue weighted by Gasteiger charge is 2.52. The molecule has 1 saturated heterocycles. The van der Waals surface area contributed by atoms with Crippen molar-refractivity contribution in [3.8, 4) is 0 Å². The summed E-state index contributed by atoms with van der Waals surface area (Å²) in [5, 5.41) is 2.59. The topological polar surface area (TPSA) is 27.7 Å². The first kappa shape index (κ1) is 21.6. The van der Waals surface area contributed by atoms with Gasteiger partial charge in [-0.05, 0) is 67.6 Å². The van der Waals surface area contributed by atoms with E-state index in [1.165, 1.54) is 16.3 Å². The van der Waals surface area contributed by atoms with Crippen molar-refractivity contribution in [2.45, 2.75) is 84.4 Å². The van der Waals surface area contributed by atoms with E-state index in [0.29, 0.717) is 6.61 Å². The first-order valence-electron chi connectivity index (χ1n) is 10.3. The highest BCUT2D eigenvalue weighted by molar-refractivity contribution is 6.74. The number of rotatable bonds is 4. The van der Waals surface area contributed by atoms with Crippen molar-refractivity contribution in [2.75, 3.05) is 0 Å². The highest BCUT2D eigenvalue weighted by Crippen LogP contribution is 2.38. The molecule has 0 aliphatic carbocycles. The molecule has 1 aliphatic heterocycles. The average molecular weight is 398 g/mol. The van der Waals surface area contributed by atoms with Gasteiger partial charge in [0, 0.05) is 0 Å². The van der Waals surface area contributed by atoms with Gasteiger partial charge in [0.2, 0.25) is 0 Å². The summed E-state index contributed by atoms with van der Waals surface area (Å²) in [6, 6.07) is 12.8. The molecule has 0 bridgehead atoms. The van der Waals surface area contributed by atoms with Crippen LogP contribution in [0.4, 0.5) is 0 Å². The smallest absolute Gasteiger partial charge is 0.413 e. The predicted molar refractivity (Wildman–Crippen MR) is 122 cm³/mol. The first-order valence-corrected chi connectivity index (χ1v) is 13.2. The summed E-state index contributed by atoms with van der Waals surface area (Å²) < 4.78 is 19.1. The largest absolute Gasteiger partial charge is 0.495 e. The van der Waals surface area contributed by atoms with Crippen LogP contribution in [0.1, 0.15) is 54.0 Å². The van der Waals surface area contributed by atoms with Crippen LogP contribution < -0.4 is 5.46 Å². The van der Waals surface area contributed by atoms with Crippen LogP contribution in [0.2, 0.25) is 18.1 Å². The Morgan fingerprint density at radius 2 is 1.43 bits per heavy atom. The van der Waals surface area contributed by atoms with E-state index in [1.54, 1.807) is 0 Å². The van der Waals surface area contributed by atoms with Crippen LogP contribution in [0.3, 0.4) is 0 Å². The number of benzene rings is 2. The van der Waals surface area contributed by atoms with Crippen molar-refractivity contribution in [1.29, 1.82) is 0 Å². The predicted octanol–water partition coefficient (Wildman–Crippen LogP) is 5.66. The van der Waals surface area contributed by atoms with E-state index in [1.807, 2.05) is 0 Å². The molecular weight excluding hydrogens is 363 g/mol. The minimum atomic E-state index is -1.80. The molecule has 1 aliphatic rings. The van der Waals surface area contributed by atoms with Crippen molar-refractivity contribution in [1.82, 2.24) is 0 Å². The maximum Gasteiger partial charge on any atom is 0.495 e. The van der Waals surface area contributed by atoms with E-state index < -0.39 is 8.32 Å². The molecule has 1 fully saturated rings. The fraction of sp³-hybridized carbons (Fsp3) is 0.565. The molecule has 0 radical (unpaired) electrons. The fourth-order valence-electron chi connectivity index (χ4n) is 3.16. The molecule has 152 valence electrons. The summed E-state index contributed by atoms with van der Waals surface area (Å²) in [4.78, 5) is 0. The minimum Gasteiger partial charge on any atom is -0.413 e. The van der Waals surface area contributed by atoms with Crippen molar-refractivity contribution in [2.24, 2.45) is 0 Å². The monoisotopic (exact) mass is 398 g/mol. The van der Waals surface area contributed by atoms with Crippen LogP contribution in [-0.2, 0) is 20.3 Å². The Bertz CT molecular complexity index is 852. The molecule has 0 amide bonds. The molecule has 2 aromatic carbocycles. The molecule has 3 nitrogen and oxygen atoms in total.